The fourth-order valence-corrected chi connectivity index (χ4v) is 1.27. The van der Waals surface area contributed by atoms with Gasteiger partial charge in [-0.05, 0) is 32.6 Å². The molecule has 0 bridgehead atoms. The first-order chi connectivity index (χ1) is 6.91. The Morgan fingerprint density at radius 2 is 1.47 bits per heavy atom. The van der Waals surface area contributed by atoms with E-state index >= 15 is 0 Å². The highest BCUT2D eigenvalue weighted by atomic mass is 16.4. The molecule has 5 heteroatoms. The summed E-state index contributed by atoms with van der Waals surface area (Å²) in [6, 6.07) is 0. The number of carboxylic acids is 1. The predicted octanol–water partition coefficient (Wildman–Crippen LogP) is 0.124. The highest BCUT2D eigenvalue weighted by Crippen LogP contribution is 2.10. The zero-order valence-electron chi connectivity index (χ0n) is 8.96. The van der Waals surface area contributed by atoms with E-state index in [-0.39, 0.29) is 12.8 Å². The molecule has 15 heavy (non-hydrogen) atoms. The zero-order valence-corrected chi connectivity index (χ0v) is 8.96. The molecule has 0 aromatic carbocycles. The van der Waals surface area contributed by atoms with Crippen molar-refractivity contribution < 1.29 is 25.2 Å². The maximum absolute atomic E-state index is 10.2. The van der Waals surface area contributed by atoms with Gasteiger partial charge in [0.1, 0.15) is 0 Å². The molecule has 0 aliphatic heterocycles. The standard InChI is InChI=1S/C10H20O5/c1-7(11)2-3-8(12)4-5-9(13)6-10(14)15/h7-9,11-13H,2-6H2,1H3,(H,14,15). The summed E-state index contributed by atoms with van der Waals surface area (Å²) < 4.78 is 0. The Hall–Kier alpha value is -0.650. The number of carboxylic acid groups (broad SMARTS) is 1. The molecule has 0 radical (unpaired) electrons. The molecular formula is C10H20O5. The van der Waals surface area contributed by atoms with Crippen LogP contribution in [0.15, 0.2) is 0 Å². The van der Waals surface area contributed by atoms with Gasteiger partial charge in [-0.15, -0.1) is 0 Å². The molecule has 0 aromatic heterocycles. The topological polar surface area (TPSA) is 98.0 Å². The molecule has 3 unspecified atom stereocenters. The van der Waals surface area contributed by atoms with Crippen LogP contribution in [0.1, 0.15) is 39.0 Å². The van der Waals surface area contributed by atoms with Gasteiger partial charge in [0.25, 0.3) is 0 Å². The Labute approximate surface area is 89.4 Å². The second kappa shape index (κ2) is 7.62. The number of hydrogen-bond acceptors (Lipinski definition) is 4. The zero-order chi connectivity index (χ0) is 11.8. The highest BCUT2D eigenvalue weighted by Gasteiger charge is 2.12. The maximum atomic E-state index is 10.2. The van der Waals surface area contributed by atoms with Crippen molar-refractivity contribution in [3.05, 3.63) is 0 Å². The lowest BCUT2D eigenvalue weighted by molar-refractivity contribution is -0.139. The van der Waals surface area contributed by atoms with Crippen LogP contribution in [0, 0.1) is 0 Å². The van der Waals surface area contributed by atoms with E-state index in [2.05, 4.69) is 0 Å². The van der Waals surface area contributed by atoms with Crippen molar-refractivity contribution in [2.24, 2.45) is 0 Å². The minimum atomic E-state index is -1.04. The third-order valence-electron chi connectivity index (χ3n) is 2.16. The SMILES string of the molecule is CC(O)CCC(O)CCC(O)CC(=O)O. The smallest absolute Gasteiger partial charge is 0.305 e. The van der Waals surface area contributed by atoms with Crippen molar-refractivity contribution in [3.63, 3.8) is 0 Å². The molecule has 0 rings (SSSR count). The molecule has 4 N–H and O–H groups in total. The third kappa shape index (κ3) is 9.65. The van der Waals surface area contributed by atoms with Gasteiger partial charge in [0.05, 0.1) is 24.7 Å². The molecule has 0 heterocycles. The van der Waals surface area contributed by atoms with E-state index in [4.69, 9.17) is 10.2 Å². The van der Waals surface area contributed by atoms with Crippen molar-refractivity contribution in [2.75, 3.05) is 0 Å². The first-order valence-corrected chi connectivity index (χ1v) is 5.17. The van der Waals surface area contributed by atoms with Crippen molar-refractivity contribution >= 4 is 5.97 Å². The average molecular weight is 220 g/mol. The summed E-state index contributed by atoms with van der Waals surface area (Å²) in [6.07, 6.45) is -0.596. The van der Waals surface area contributed by atoms with E-state index in [1.165, 1.54) is 0 Å². The Bertz CT molecular complexity index is 181. The van der Waals surface area contributed by atoms with Crippen LogP contribution in [0.4, 0.5) is 0 Å². The molecule has 90 valence electrons. The summed E-state index contributed by atoms with van der Waals surface area (Å²) in [5.41, 5.74) is 0. The molecule has 5 nitrogen and oxygen atoms in total. The van der Waals surface area contributed by atoms with Gasteiger partial charge in [-0.1, -0.05) is 0 Å². The number of hydrogen-bond donors (Lipinski definition) is 4. The van der Waals surface area contributed by atoms with Crippen molar-refractivity contribution in [1.82, 2.24) is 0 Å². The van der Waals surface area contributed by atoms with Gasteiger partial charge >= 0.3 is 5.97 Å². The largest absolute Gasteiger partial charge is 0.481 e. The fraction of sp³-hybridized carbons (Fsp3) is 0.900. The Morgan fingerprint density at radius 3 is 1.93 bits per heavy atom. The maximum Gasteiger partial charge on any atom is 0.305 e. The van der Waals surface area contributed by atoms with Crippen LogP contribution in [0.3, 0.4) is 0 Å². The number of aliphatic hydroxyl groups is 3. The molecular weight excluding hydrogens is 200 g/mol. The second-order valence-corrected chi connectivity index (χ2v) is 3.91. The van der Waals surface area contributed by atoms with Crippen molar-refractivity contribution in [1.29, 1.82) is 0 Å². The van der Waals surface area contributed by atoms with Gasteiger partial charge in [0.15, 0.2) is 0 Å². The number of rotatable bonds is 8. The van der Waals surface area contributed by atoms with Crippen molar-refractivity contribution in [3.8, 4) is 0 Å². The summed E-state index contributed by atoms with van der Waals surface area (Å²) in [5.74, 6) is -1.04. The monoisotopic (exact) mass is 220 g/mol. The second-order valence-electron chi connectivity index (χ2n) is 3.91. The van der Waals surface area contributed by atoms with Crippen LogP contribution in [0.5, 0.6) is 0 Å². The van der Waals surface area contributed by atoms with E-state index in [9.17, 15) is 15.0 Å². The number of aliphatic carboxylic acids is 1. The van der Waals surface area contributed by atoms with E-state index in [0.717, 1.165) is 0 Å². The number of aliphatic hydroxyl groups excluding tert-OH is 3. The molecule has 0 aliphatic rings. The molecule has 0 spiro atoms. The summed E-state index contributed by atoms with van der Waals surface area (Å²) in [7, 11) is 0. The first kappa shape index (κ1) is 14.3. The predicted molar refractivity (Wildman–Crippen MR) is 54.4 cm³/mol. The Balaban J connectivity index is 3.52. The van der Waals surface area contributed by atoms with Crippen LogP contribution < -0.4 is 0 Å². The van der Waals surface area contributed by atoms with E-state index in [0.29, 0.717) is 19.3 Å². The third-order valence-corrected chi connectivity index (χ3v) is 2.16. The molecule has 0 amide bonds. The lowest BCUT2D eigenvalue weighted by Crippen LogP contribution is -2.17. The summed E-state index contributed by atoms with van der Waals surface area (Å²) in [4.78, 5) is 10.2. The first-order valence-electron chi connectivity index (χ1n) is 5.17. The van der Waals surface area contributed by atoms with E-state index in [1.807, 2.05) is 0 Å². The molecule has 0 aliphatic carbocycles. The lowest BCUT2D eigenvalue weighted by Gasteiger charge is -2.13. The molecule has 0 fully saturated rings. The van der Waals surface area contributed by atoms with Gasteiger partial charge < -0.3 is 20.4 Å². The molecule has 3 atom stereocenters. The van der Waals surface area contributed by atoms with Gasteiger partial charge in [0.2, 0.25) is 0 Å². The van der Waals surface area contributed by atoms with Crippen LogP contribution in [0.2, 0.25) is 0 Å². The Morgan fingerprint density at radius 1 is 1.00 bits per heavy atom. The van der Waals surface area contributed by atoms with Crippen LogP contribution in [-0.2, 0) is 4.79 Å². The van der Waals surface area contributed by atoms with Crippen LogP contribution in [0.25, 0.3) is 0 Å². The number of carbonyl (C=O) groups is 1. The highest BCUT2D eigenvalue weighted by molar-refractivity contribution is 5.67. The molecule has 0 saturated carbocycles. The normalized spacial score (nSPS) is 17.1. The van der Waals surface area contributed by atoms with Gasteiger partial charge in [-0.25, -0.2) is 0 Å². The van der Waals surface area contributed by atoms with Gasteiger partial charge in [0, 0.05) is 0 Å². The minimum Gasteiger partial charge on any atom is -0.481 e. The average Bonchev–Trinajstić information content (AvgIpc) is 2.10. The van der Waals surface area contributed by atoms with Crippen LogP contribution in [-0.4, -0.2) is 44.7 Å². The lowest BCUT2D eigenvalue weighted by atomic mass is 10.0. The minimum absolute atomic E-state index is 0.271. The fourth-order valence-electron chi connectivity index (χ4n) is 1.27. The summed E-state index contributed by atoms with van der Waals surface area (Å²) in [6.45, 7) is 1.64. The van der Waals surface area contributed by atoms with Gasteiger partial charge in [-0.2, -0.15) is 0 Å². The molecule has 0 aromatic rings. The van der Waals surface area contributed by atoms with Crippen LogP contribution >= 0.6 is 0 Å². The molecule has 0 saturated heterocycles. The Kier molecular flexibility index (Phi) is 7.29. The van der Waals surface area contributed by atoms with E-state index in [1.54, 1.807) is 6.92 Å². The summed E-state index contributed by atoms with van der Waals surface area (Å²) >= 11 is 0. The quantitative estimate of drug-likeness (QED) is 0.466. The summed E-state index contributed by atoms with van der Waals surface area (Å²) in [5, 5.41) is 35.9. The van der Waals surface area contributed by atoms with Gasteiger partial charge in [-0.3, -0.25) is 4.79 Å². The van der Waals surface area contributed by atoms with E-state index < -0.39 is 24.3 Å². The van der Waals surface area contributed by atoms with Crippen molar-refractivity contribution in [2.45, 2.75) is 57.3 Å².